The zero-order chi connectivity index (χ0) is 8.93. The summed E-state index contributed by atoms with van der Waals surface area (Å²) >= 11 is 0. The second-order valence-corrected chi connectivity index (χ2v) is 3.73. The Kier molecular flexibility index (Phi) is 2.98. The van der Waals surface area contributed by atoms with Crippen molar-refractivity contribution in [3.63, 3.8) is 0 Å². The molecule has 1 heterocycles. The lowest BCUT2D eigenvalue weighted by atomic mass is 10.0. The molecule has 0 radical (unpaired) electrons. The van der Waals surface area contributed by atoms with Crippen LogP contribution in [0.3, 0.4) is 0 Å². The van der Waals surface area contributed by atoms with E-state index in [1.54, 1.807) is 5.56 Å². The second kappa shape index (κ2) is 4.43. The topological polar surface area (TPSA) is 12.0 Å². The molecule has 1 heteroatoms. The van der Waals surface area contributed by atoms with Gasteiger partial charge in [0.05, 0.1) is 0 Å². The summed E-state index contributed by atoms with van der Waals surface area (Å²) in [4.78, 5) is 0. The van der Waals surface area contributed by atoms with E-state index >= 15 is 0 Å². The van der Waals surface area contributed by atoms with Crippen molar-refractivity contribution in [1.29, 1.82) is 0 Å². The molecule has 1 aliphatic rings. The average Bonchev–Trinajstić information content (AvgIpc) is 2.28. The molecule has 0 spiro atoms. The van der Waals surface area contributed by atoms with Crippen LogP contribution in [0.2, 0.25) is 0 Å². The molecule has 13 heavy (non-hydrogen) atoms. The Labute approximate surface area is 80.2 Å². The summed E-state index contributed by atoms with van der Waals surface area (Å²) in [5.74, 6) is 0. The highest BCUT2D eigenvalue weighted by atomic mass is 14.8. The van der Waals surface area contributed by atoms with Crippen LogP contribution in [0.15, 0.2) is 24.3 Å². The summed E-state index contributed by atoms with van der Waals surface area (Å²) < 4.78 is 0. The third-order valence-electron chi connectivity index (χ3n) is 2.74. The number of fused-ring (bicyclic) bond motifs is 1. The third-order valence-corrected chi connectivity index (χ3v) is 2.74. The van der Waals surface area contributed by atoms with Crippen molar-refractivity contribution in [1.82, 2.24) is 5.32 Å². The molecule has 1 aromatic rings. The molecule has 0 aromatic heterocycles. The Balaban J connectivity index is 2.17. The van der Waals surface area contributed by atoms with Gasteiger partial charge in [-0.3, -0.25) is 0 Å². The number of aryl methyl sites for hydroxylation is 1. The first-order chi connectivity index (χ1) is 6.47. The fourth-order valence-electron chi connectivity index (χ4n) is 1.96. The van der Waals surface area contributed by atoms with Crippen LogP contribution in [-0.2, 0) is 12.8 Å². The number of hydrogen-bond acceptors (Lipinski definition) is 1. The molecule has 0 fully saturated rings. The molecule has 0 saturated carbocycles. The predicted octanol–water partition coefficient (Wildman–Crippen LogP) is 2.16. The quantitative estimate of drug-likeness (QED) is 0.637. The normalized spacial score (nSPS) is 18.2. The first-order valence-corrected chi connectivity index (χ1v) is 5.24. The lowest BCUT2D eigenvalue weighted by Gasteiger charge is -2.06. The Bertz CT molecular complexity index is 241. The summed E-state index contributed by atoms with van der Waals surface area (Å²) in [5.41, 5.74) is 3.10. The molecule has 0 saturated heterocycles. The van der Waals surface area contributed by atoms with Gasteiger partial charge in [0, 0.05) is 0 Å². The number of benzene rings is 1. The molecule has 0 amide bonds. The van der Waals surface area contributed by atoms with Crippen LogP contribution in [0.5, 0.6) is 0 Å². The smallest absolute Gasteiger partial charge is 0.000825 e. The van der Waals surface area contributed by atoms with Gasteiger partial charge in [-0.05, 0) is 49.9 Å². The Hall–Kier alpha value is -0.820. The fraction of sp³-hybridized carbons (Fsp3) is 0.500. The molecular formula is C12H17N. The first kappa shape index (κ1) is 8.76. The average molecular weight is 175 g/mol. The van der Waals surface area contributed by atoms with Gasteiger partial charge in [0.25, 0.3) is 0 Å². The fourth-order valence-corrected chi connectivity index (χ4v) is 1.96. The SMILES string of the molecule is c1ccc2c(c1)CCCCNCC2. The highest BCUT2D eigenvalue weighted by Gasteiger charge is 2.03. The van der Waals surface area contributed by atoms with Crippen LogP contribution >= 0.6 is 0 Å². The van der Waals surface area contributed by atoms with E-state index in [9.17, 15) is 0 Å². The van der Waals surface area contributed by atoms with Crippen molar-refractivity contribution in [2.24, 2.45) is 0 Å². The van der Waals surface area contributed by atoms with Crippen LogP contribution < -0.4 is 5.32 Å². The van der Waals surface area contributed by atoms with E-state index in [2.05, 4.69) is 29.6 Å². The van der Waals surface area contributed by atoms with Crippen molar-refractivity contribution in [3.8, 4) is 0 Å². The minimum Gasteiger partial charge on any atom is -0.316 e. The van der Waals surface area contributed by atoms with Gasteiger partial charge in [0.1, 0.15) is 0 Å². The lowest BCUT2D eigenvalue weighted by molar-refractivity contribution is 0.637. The van der Waals surface area contributed by atoms with Gasteiger partial charge >= 0.3 is 0 Å². The maximum absolute atomic E-state index is 3.47. The van der Waals surface area contributed by atoms with Crippen molar-refractivity contribution in [2.75, 3.05) is 13.1 Å². The number of nitrogens with one attached hydrogen (secondary N) is 1. The van der Waals surface area contributed by atoms with Crippen molar-refractivity contribution < 1.29 is 0 Å². The molecule has 1 nitrogen and oxygen atoms in total. The molecule has 1 N–H and O–H groups in total. The van der Waals surface area contributed by atoms with Crippen molar-refractivity contribution >= 4 is 0 Å². The van der Waals surface area contributed by atoms with Crippen molar-refractivity contribution in [3.05, 3.63) is 35.4 Å². The standard InChI is InChI=1S/C12H17N/c1-2-6-12-8-10-13-9-4-3-7-11(12)5-1/h1-2,5-6,13H,3-4,7-10H2. The highest BCUT2D eigenvalue weighted by Crippen LogP contribution is 2.13. The Morgan fingerprint density at radius 2 is 1.62 bits per heavy atom. The minimum absolute atomic E-state index is 1.14. The van der Waals surface area contributed by atoms with E-state index in [4.69, 9.17) is 0 Å². The van der Waals surface area contributed by atoms with E-state index in [0.29, 0.717) is 0 Å². The summed E-state index contributed by atoms with van der Waals surface area (Å²) in [5, 5.41) is 3.47. The van der Waals surface area contributed by atoms with Gasteiger partial charge in [0.15, 0.2) is 0 Å². The van der Waals surface area contributed by atoms with Crippen LogP contribution in [0.1, 0.15) is 24.0 Å². The molecule has 0 atom stereocenters. The van der Waals surface area contributed by atoms with Gasteiger partial charge in [-0.15, -0.1) is 0 Å². The van der Waals surface area contributed by atoms with Gasteiger partial charge in [-0.1, -0.05) is 24.3 Å². The van der Waals surface area contributed by atoms with E-state index in [0.717, 1.165) is 6.54 Å². The predicted molar refractivity (Wildman–Crippen MR) is 56.0 cm³/mol. The number of hydrogen-bond donors (Lipinski definition) is 1. The summed E-state index contributed by atoms with van der Waals surface area (Å²) in [6, 6.07) is 8.85. The minimum atomic E-state index is 1.14. The zero-order valence-corrected chi connectivity index (χ0v) is 8.05. The maximum Gasteiger partial charge on any atom is -0.000825 e. The molecule has 0 unspecified atom stereocenters. The lowest BCUT2D eigenvalue weighted by Crippen LogP contribution is -2.17. The van der Waals surface area contributed by atoms with Crippen LogP contribution in [0.4, 0.5) is 0 Å². The summed E-state index contributed by atoms with van der Waals surface area (Å²) in [6.45, 7) is 2.32. The van der Waals surface area contributed by atoms with Crippen LogP contribution in [0.25, 0.3) is 0 Å². The van der Waals surface area contributed by atoms with Gasteiger partial charge in [0.2, 0.25) is 0 Å². The van der Waals surface area contributed by atoms with Crippen LogP contribution in [-0.4, -0.2) is 13.1 Å². The zero-order valence-electron chi connectivity index (χ0n) is 8.05. The molecule has 1 aliphatic heterocycles. The van der Waals surface area contributed by atoms with Gasteiger partial charge in [-0.2, -0.15) is 0 Å². The summed E-state index contributed by atoms with van der Waals surface area (Å²) in [6.07, 6.45) is 5.09. The van der Waals surface area contributed by atoms with Gasteiger partial charge < -0.3 is 5.32 Å². The maximum atomic E-state index is 3.47. The highest BCUT2D eigenvalue weighted by molar-refractivity contribution is 5.27. The monoisotopic (exact) mass is 175 g/mol. The second-order valence-electron chi connectivity index (χ2n) is 3.73. The Morgan fingerprint density at radius 1 is 0.846 bits per heavy atom. The van der Waals surface area contributed by atoms with E-state index in [-0.39, 0.29) is 0 Å². The third kappa shape index (κ3) is 2.31. The van der Waals surface area contributed by atoms with Gasteiger partial charge in [-0.25, -0.2) is 0 Å². The van der Waals surface area contributed by atoms with E-state index < -0.39 is 0 Å². The van der Waals surface area contributed by atoms with E-state index in [1.165, 1.54) is 37.8 Å². The number of rotatable bonds is 0. The molecular weight excluding hydrogens is 158 g/mol. The van der Waals surface area contributed by atoms with Crippen LogP contribution in [0, 0.1) is 0 Å². The molecule has 0 aliphatic carbocycles. The first-order valence-electron chi connectivity index (χ1n) is 5.24. The summed E-state index contributed by atoms with van der Waals surface area (Å²) in [7, 11) is 0. The van der Waals surface area contributed by atoms with E-state index in [1.807, 2.05) is 0 Å². The molecule has 70 valence electrons. The largest absolute Gasteiger partial charge is 0.316 e. The Morgan fingerprint density at radius 3 is 2.46 bits per heavy atom. The van der Waals surface area contributed by atoms with Crippen molar-refractivity contribution in [2.45, 2.75) is 25.7 Å². The molecule has 1 aromatic carbocycles. The molecule has 0 bridgehead atoms. The molecule has 2 rings (SSSR count).